The molecule has 28 heavy (non-hydrogen) atoms. The third-order valence-electron chi connectivity index (χ3n) is 5.97. The quantitative estimate of drug-likeness (QED) is 0.312. The Morgan fingerprint density at radius 2 is 1.96 bits per heavy atom. The van der Waals surface area contributed by atoms with Crippen LogP contribution in [-0.2, 0) is 14.2 Å². The summed E-state index contributed by atoms with van der Waals surface area (Å²) in [6.45, 7) is 9.33. The van der Waals surface area contributed by atoms with Crippen LogP contribution < -0.4 is 5.32 Å². The number of hydrogen-bond acceptors (Lipinski definition) is 5. The highest BCUT2D eigenvalue weighted by atomic mass is 127. The summed E-state index contributed by atoms with van der Waals surface area (Å²) in [7, 11) is 0. The van der Waals surface area contributed by atoms with E-state index in [9.17, 15) is 0 Å². The van der Waals surface area contributed by atoms with Crippen molar-refractivity contribution in [3.63, 3.8) is 0 Å². The summed E-state index contributed by atoms with van der Waals surface area (Å²) in [4.78, 5) is 7.44. The molecular weight excluding hydrogens is 489 g/mol. The van der Waals surface area contributed by atoms with Crippen molar-refractivity contribution in [3.05, 3.63) is 0 Å². The van der Waals surface area contributed by atoms with Crippen LogP contribution in [0.5, 0.6) is 0 Å². The molecule has 0 bridgehead atoms. The third kappa shape index (κ3) is 7.18. The number of guanidine groups is 1. The molecule has 0 aliphatic carbocycles. The van der Waals surface area contributed by atoms with E-state index in [0.717, 1.165) is 90.7 Å². The molecule has 0 saturated carbocycles. The van der Waals surface area contributed by atoms with Crippen molar-refractivity contribution >= 4 is 41.7 Å². The van der Waals surface area contributed by atoms with E-state index >= 15 is 0 Å². The van der Waals surface area contributed by atoms with Gasteiger partial charge in [-0.1, -0.05) is 0 Å². The molecule has 0 radical (unpaired) electrons. The summed E-state index contributed by atoms with van der Waals surface area (Å²) in [6, 6.07) is 0. The maximum Gasteiger partial charge on any atom is 0.193 e. The topological polar surface area (TPSA) is 55.3 Å². The van der Waals surface area contributed by atoms with Crippen LogP contribution in [0, 0.1) is 0 Å². The lowest BCUT2D eigenvalue weighted by molar-refractivity contribution is -0.0367. The van der Waals surface area contributed by atoms with Crippen LogP contribution in [0.2, 0.25) is 0 Å². The number of hydrogen-bond donors (Lipinski definition) is 1. The van der Waals surface area contributed by atoms with Gasteiger partial charge in [-0.25, -0.2) is 0 Å². The fraction of sp³-hybridized carbons (Fsp3) is 0.950. The van der Waals surface area contributed by atoms with Gasteiger partial charge in [-0.2, -0.15) is 11.8 Å². The molecular formula is C20H38IN3O3S. The number of rotatable bonds is 7. The third-order valence-corrected chi connectivity index (χ3v) is 7.38. The molecule has 6 nitrogen and oxygen atoms in total. The number of thioether (sulfide) groups is 1. The van der Waals surface area contributed by atoms with Gasteiger partial charge in [0.05, 0.1) is 25.4 Å². The van der Waals surface area contributed by atoms with Crippen LogP contribution in [0.4, 0.5) is 0 Å². The van der Waals surface area contributed by atoms with Crippen molar-refractivity contribution in [2.75, 3.05) is 58.9 Å². The molecule has 1 N–H and O–H groups in total. The van der Waals surface area contributed by atoms with Crippen LogP contribution in [0.1, 0.15) is 45.4 Å². The molecule has 0 aromatic carbocycles. The van der Waals surface area contributed by atoms with E-state index in [4.69, 9.17) is 19.2 Å². The predicted molar refractivity (Wildman–Crippen MR) is 127 cm³/mol. The van der Waals surface area contributed by atoms with Gasteiger partial charge in [-0.15, -0.1) is 24.0 Å². The van der Waals surface area contributed by atoms with Crippen molar-refractivity contribution in [1.29, 1.82) is 0 Å². The minimum absolute atomic E-state index is 0. The summed E-state index contributed by atoms with van der Waals surface area (Å²) in [5.74, 6) is 1.06. The molecule has 3 saturated heterocycles. The van der Waals surface area contributed by atoms with Crippen LogP contribution in [0.3, 0.4) is 0 Å². The highest BCUT2D eigenvalue weighted by molar-refractivity contribution is 14.0. The number of piperidine rings is 1. The second-order valence-corrected chi connectivity index (χ2v) is 9.10. The van der Waals surface area contributed by atoms with Gasteiger partial charge < -0.3 is 24.4 Å². The van der Waals surface area contributed by atoms with E-state index in [1.807, 2.05) is 11.8 Å². The summed E-state index contributed by atoms with van der Waals surface area (Å²) in [6.07, 6.45) is 9.55. The number of nitrogens with zero attached hydrogens (tertiary/aromatic N) is 2. The zero-order chi connectivity index (χ0) is 19.0. The molecule has 0 aromatic rings. The van der Waals surface area contributed by atoms with Crippen LogP contribution in [-0.4, -0.2) is 86.7 Å². The van der Waals surface area contributed by atoms with E-state index in [-0.39, 0.29) is 28.7 Å². The van der Waals surface area contributed by atoms with Gasteiger partial charge in [-0.05, 0) is 51.7 Å². The zero-order valence-electron chi connectivity index (χ0n) is 17.5. The Kier molecular flexibility index (Phi) is 11.2. The number of nitrogens with one attached hydrogen (secondary N) is 1. The van der Waals surface area contributed by atoms with Crippen molar-refractivity contribution in [1.82, 2.24) is 10.2 Å². The van der Waals surface area contributed by atoms with Gasteiger partial charge in [0.25, 0.3) is 0 Å². The Morgan fingerprint density at radius 3 is 2.57 bits per heavy atom. The normalized spacial score (nSPS) is 26.1. The Labute approximate surface area is 191 Å². The van der Waals surface area contributed by atoms with Gasteiger partial charge >= 0.3 is 0 Å². The maximum atomic E-state index is 6.11. The first-order valence-corrected chi connectivity index (χ1v) is 11.9. The van der Waals surface area contributed by atoms with E-state index in [1.165, 1.54) is 6.42 Å². The first kappa shape index (κ1) is 24.5. The molecule has 164 valence electrons. The fourth-order valence-electron chi connectivity index (χ4n) is 4.07. The van der Waals surface area contributed by atoms with E-state index in [1.54, 1.807) is 0 Å². The molecule has 8 heteroatoms. The number of likely N-dealkylation sites (tertiary alicyclic amines) is 1. The molecule has 0 spiro atoms. The van der Waals surface area contributed by atoms with Crippen molar-refractivity contribution in [2.24, 2.45) is 4.99 Å². The Bertz CT molecular complexity index is 464. The first-order valence-electron chi connectivity index (χ1n) is 10.6. The first-order chi connectivity index (χ1) is 13.2. The summed E-state index contributed by atoms with van der Waals surface area (Å²) < 4.78 is 17.6. The molecule has 1 atom stereocenters. The molecule has 3 aliphatic rings. The molecule has 3 heterocycles. The molecule has 3 aliphatic heterocycles. The smallest absolute Gasteiger partial charge is 0.193 e. The number of aliphatic imine (C=N–C) groups is 1. The monoisotopic (exact) mass is 527 g/mol. The average Bonchev–Trinajstić information content (AvgIpc) is 3.24. The molecule has 3 fully saturated rings. The highest BCUT2D eigenvalue weighted by Crippen LogP contribution is 2.34. The standard InChI is InChI=1S/C20H37N3O3S.HI/c1-3-21-19(22-16-20(27-2)8-13-24-14-9-20)23-10-6-17(7-11-23)26-15-18-5-4-12-25-18;/h17-18H,3-16H2,1-2H3,(H,21,22);1H. The molecule has 0 amide bonds. The zero-order valence-corrected chi connectivity index (χ0v) is 20.6. The van der Waals surface area contributed by atoms with Crippen LogP contribution >= 0.6 is 35.7 Å². The summed E-state index contributed by atoms with van der Waals surface area (Å²) in [5.41, 5.74) is 0. The SMILES string of the molecule is CCNC(=NCC1(SC)CCOCC1)N1CCC(OCC2CCCO2)CC1.I. The van der Waals surface area contributed by atoms with Gasteiger partial charge in [-0.3, -0.25) is 4.99 Å². The van der Waals surface area contributed by atoms with Crippen molar-refractivity contribution in [3.8, 4) is 0 Å². The van der Waals surface area contributed by atoms with E-state index < -0.39 is 0 Å². The second kappa shape index (κ2) is 12.8. The number of halogens is 1. The minimum Gasteiger partial charge on any atom is -0.381 e. The Balaban J connectivity index is 0.00000280. The highest BCUT2D eigenvalue weighted by Gasteiger charge is 2.32. The number of ether oxygens (including phenoxy) is 3. The van der Waals surface area contributed by atoms with Gasteiger partial charge in [0.1, 0.15) is 0 Å². The Hall–Kier alpha value is 0.230. The van der Waals surface area contributed by atoms with Crippen LogP contribution in [0.15, 0.2) is 4.99 Å². The predicted octanol–water partition coefficient (Wildman–Crippen LogP) is 3.14. The molecule has 1 unspecified atom stereocenters. The van der Waals surface area contributed by atoms with Crippen molar-refractivity contribution in [2.45, 2.75) is 62.4 Å². The lowest BCUT2D eigenvalue weighted by Crippen LogP contribution is -2.48. The largest absolute Gasteiger partial charge is 0.381 e. The second-order valence-electron chi connectivity index (χ2n) is 7.82. The molecule has 0 aromatic heterocycles. The molecule has 3 rings (SSSR count). The minimum atomic E-state index is 0. The summed E-state index contributed by atoms with van der Waals surface area (Å²) >= 11 is 1.95. The van der Waals surface area contributed by atoms with Crippen LogP contribution in [0.25, 0.3) is 0 Å². The fourth-order valence-corrected chi connectivity index (χ4v) is 4.84. The average molecular weight is 528 g/mol. The lowest BCUT2D eigenvalue weighted by atomic mass is 9.99. The van der Waals surface area contributed by atoms with Gasteiger partial charge in [0, 0.05) is 44.2 Å². The van der Waals surface area contributed by atoms with E-state index in [2.05, 4.69) is 23.4 Å². The summed E-state index contributed by atoms with van der Waals surface area (Å²) in [5, 5.41) is 3.50. The van der Waals surface area contributed by atoms with E-state index in [0.29, 0.717) is 12.2 Å². The lowest BCUT2D eigenvalue weighted by Gasteiger charge is -2.37. The maximum absolute atomic E-state index is 6.11. The van der Waals surface area contributed by atoms with Gasteiger partial charge in [0.15, 0.2) is 5.96 Å². The Morgan fingerprint density at radius 1 is 1.21 bits per heavy atom. The van der Waals surface area contributed by atoms with Crippen molar-refractivity contribution < 1.29 is 14.2 Å². The van der Waals surface area contributed by atoms with Gasteiger partial charge in [0.2, 0.25) is 0 Å².